The monoisotopic (exact) mass is 455 g/mol. The van der Waals surface area contributed by atoms with Gasteiger partial charge in [0.1, 0.15) is 10.7 Å². The van der Waals surface area contributed by atoms with E-state index in [1.165, 1.54) is 21.2 Å². The molecule has 3 aromatic heterocycles. The molecule has 0 radical (unpaired) electrons. The number of anilines is 2. The molecule has 11 heteroatoms. The predicted octanol–water partition coefficient (Wildman–Crippen LogP) is 3.77. The molecule has 0 spiro atoms. The van der Waals surface area contributed by atoms with Gasteiger partial charge < -0.3 is 9.80 Å². The van der Waals surface area contributed by atoms with E-state index >= 15 is 0 Å². The molecule has 1 fully saturated rings. The molecule has 160 valence electrons. The summed E-state index contributed by atoms with van der Waals surface area (Å²) >= 11 is 2.35. The smallest absolute Gasteiger partial charge is 0.367 e. The van der Waals surface area contributed by atoms with Crippen molar-refractivity contribution in [3.8, 4) is 0 Å². The molecule has 0 N–H and O–H groups in total. The summed E-state index contributed by atoms with van der Waals surface area (Å²) in [5, 5.41) is 2.14. The third-order valence-corrected chi connectivity index (χ3v) is 6.94. The Hall–Kier alpha value is -2.40. The first-order valence-electron chi connectivity index (χ1n) is 9.37. The topological polar surface area (TPSA) is 54.3 Å². The van der Waals surface area contributed by atoms with E-state index in [2.05, 4.69) is 33.2 Å². The zero-order valence-electron chi connectivity index (χ0n) is 16.4. The van der Waals surface area contributed by atoms with Crippen molar-refractivity contribution in [1.29, 1.82) is 0 Å². The van der Waals surface area contributed by atoms with Crippen molar-refractivity contribution in [1.82, 2.24) is 14.5 Å². The van der Waals surface area contributed by atoms with Gasteiger partial charge in [-0.1, -0.05) is 0 Å². The molecule has 4 heterocycles. The standard InChI is InChI=1S/C19H20F3N5OS2/c1-12-9-14(11-29-12)25-5-7-26(8-6-25)17-23-13(2)27(18(28)24-17)10-15-3-4-16(30-15)19(20,21)22/h3-4,9,11H,5-8,10H2,1-2H3. The largest absolute Gasteiger partial charge is 0.425 e. The minimum atomic E-state index is -4.38. The Kier molecular flexibility index (Phi) is 5.58. The number of rotatable bonds is 4. The molecule has 0 atom stereocenters. The van der Waals surface area contributed by atoms with E-state index in [-0.39, 0.29) is 6.54 Å². The Balaban J connectivity index is 1.47. The molecule has 1 aliphatic rings. The number of aromatic nitrogens is 3. The van der Waals surface area contributed by atoms with E-state index in [1.807, 2.05) is 4.90 Å². The van der Waals surface area contributed by atoms with Crippen LogP contribution in [0.15, 0.2) is 28.4 Å². The Morgan fingerprint density at radius 3 is 2.33 bits per heavy atom. The summed E-state index contributed by atoms with van der Waals surface area (Å²) in [4.78, 5) is 26.4. The first-order chi connectivity index (χ1) is 14.2. The quantitative estimate of drug-likeness (QED) is 0.600. The number of piperazine rings is 1. The third-order valence-electron chi connectivity index (χ3n) is 4.98. The van der Waals surface area contributed by atoms with E-state index < -0.39 is 16.7 Å². The normalized spacial score (nSPS) is 15.1. The minimum absolute atomic E-state index is 0.0248. The molecule has 1 saturated heterocycles. The molecular formula is C19H20F3N5OS2. The van der Waals surface area contributed by atoms with E-state index in [0.29, 0.717) is 41.1 Å². The van der Waals surface area contributed by atoms with E-state index in [4.69, 9.17) is 0 Å². The van der Waals surface area contributed by atoms with Gasteiger partial charge in [0.05, 0.1) is 6.54 Å². The van der Waals surface area contributed by atoms with Crippen LogP contribution in [0.1, 0.15) is 20.5 Å². The second-order valence-corrected chi connectivity index (χ2v) is 9.38. The number of halogens is 3. The summed E-state index contributed by atoms with van der Waals surface area (Å²) in [5.41, 5.74) is 0.703. The first kappa shape index (κ1) is 20.9. The fourth-order valence-electron chi connectivity index (χ4n) is 3.37. The maximum Gasteiger partial charge on any atom is 0.425 e. The highest BCUT2D eigenvalue weighted by Crippen LogP contribution is 2.34. The fourth-order valence-corrected chi connectivity index (χ4v) is 4.95. The second kappa shape index (κ2) is 8.03. The van der Waals surface area contributed by atoms with Crippen LogP contribution in [-0.4, -0.2) is 40.7 Å². The fraction of sp³-hybridized carbons (Fsp3) is 0.421. The summed E-state index contributed by atoms with van der Waals surface area (Å²) in [6.07, 6.45) is -4.38. The third kappa shape index (κ3) is 4.36. The molecule has 0 aliphatic carbocycles. The lowest BCUT2D eigenvalue weighted by molar-refractivity contribution is -0.134. The summed E-state index contributed by atoms with van der Waals surface area (Å²) in [6.45, 7) is 6.77. The van der Waals surface area contributed by atoms with Crippen molar-refractivity contribution >= 4 is 34.3 Å². The van der Waals surface area contributed by atoms with Crippen LogP contribution < -0.4 is 15.5 Å². The average molecular weight is 456 g/mol. The van der Waals surface area contributed by atoms with Crippen LogP contribution in [-0.2, 0) is 12.7 Å². The molecule has 0 unspecified atom stereocenters. The van der Waals surface area contributed by atoms with Crippen molar-refractivity contribution in [3.63, 3.8) is 0 Å². The van der Waals surface area contributed by atoms with Crippen molar-refractivity contribution in [2.75, 3.05) is 36.0 Å². The maximum atomic E-state index is 12.8. The number of alkyl halides is 3. The van der Waals surface area contributed by atoms with Gasteiger partial charge in [0, 0.05) is 47.0 Å². The molecular weight excluding hydrogens is 435 g/mol. The predicted molar refractivity (Wildman–Crippen MR) is 113 cm³/mol. The molecule has 30 heavy (non-hydrogen) atoms. The van der Waals surface area contributed by atoms with Crippen molar-refractivity contribution < 1.29 is 13.2 Å². The summed E-state index contributed by atoms with van der Waals surface area (Å²) in [5.74, 6) is 0.805. The van der Waals surface area contributed by atoms with E-state index in [0.717, 1.165) is 19.2 Å². The zero-order chi connectivity index (χ0) is 21.5. The van der Waals surface area contributed by atoms with Crippen LogP contribution >= 0.6 is 22.7 Å². The molecule has 4 rings (SSSR count). The number of thiophene rings is 2. The van der Waals surface area contributed by atoms with Gasteiger partial charge in [-0.3, -0.25) is 4.57 Å². The number of aryl methyl sites for hydroxylation is 2. The average Bonchev–Trinajstić information content (AvgIpc) is 3.33. The molecule has 1 aliphatic heterocycles. The Morgan fingerprint density at radius 2 is 1.77 bits per heavy atom. The van der Waals surface area contributed by atoms with Gasteiger partial charge in [0.2, 0.25) is 5.95 Å². The van der Waals surface area contributed by atoms with Crippen LogP contribution in [0.5, 0.6) is 0 Å². The maximum absolute atomic E-state index is 12.8. The second-order valence-electron chi connectivity index (χ2n) is 7.09. The Bertz CT molecular complexity index is 1100. The van der Waals surface area contributed by atoms with E-state index in [9.17, 15) is 18.0 Å². The molecule has 0 saturated carbocycles. The van der Waals surface area contributed by atoms with Gasteiger partial charge in [-0.2, -0.15) is 23.1 Å². The van der Waals surface area contributed by atoms with Crippen LogP contribution in [0.4, 0.5) is 24.8 Å². The van der Waals surface area contributed by atoms with Crippen molar-refractivity contribution in [3.05, 3.63) is 54.5 Å². The molecule has 0 bridgehead atoms. The SMILES string of the molecule is Cc1cc(N2CCN(c3nc(C)n(Cc4ccc(C(F)(F)F)s4)c(=O)n3)CC2)cs1. The summed E-state index contributed by atoms with van der Waals surface area (Å²) in [7, 11) is 0. The van der Waals surface area contributed by atoms with Crippen LogP contribution in [0.2, 0.25) is 0 Å². The lowest BCUT2D eigenvalue weighted by Crippen LogP contribution is -2.47. The molecule has 6 nitrogen and oxygen atoms in total. The zero-order valence-corrected chi connectivity index (χ0v) is 18.1. The molecule has 0 amide bonds. The Morgan fingerprint density at radius 1 is 1.07 bits per heavy atom. The van der Waals surface area contributed by atoms with Crippen molar-refractivity contribution in [2.24, 2.45) is 0 Å². The summed E-state index contributed by atoms with van der Waals surface area (Å²) < 4.78 is 39.7. The van der Waals surface area contributed by atoms with Crippen LogP contribution in [0.3, 0.4) is 0 Å². The van der Waals surface area contributed by atoms with Gasteiger partial charge in [-0.05, 0) is 32.0 Å². The summed E-state index contributed by atoms with van der Waals surface area (Å²) in [6, 6.07) is 4.58. The van der Waals surface area contributed by atoms with Gasteiger partial charge >= 0.3 is 11.9 Å². The van der Waals surface area contributed by atoms with Crippen molar-refractivity contribution in [2.45, 2.75) is 26.6 Å². The minimum Gasteiger partial charge on any atom is -0.367 e. The highest BCUT2D eigenvalue weighted by Gasteiger charge is 2.32. The van der Waals surface area contributed by atoms with Crippen LogP contribution in [0.25, 0.3) is 0 Å². The van der Waals surface area contributed by atoms with Gasteiger partial charge in [-0.25, -0.2) is 4.79 Å². The van der Waals surface area contributed by atoms with Gasteiger partial charge in [0.25, 0.3) is 0 Å². The lowest BCUT2D eigenvalue weighted by atomic mass is 10.3. The molecule has 3 aromatic rings. The van der Waals surface area contributed by atoms with Gasteiger partial charge in [0.15, 0.2) is 0 Å². The first-order valence-corrected chi connectivity index (χ1v) is 11.1. The van der Waals surface area contributed by atoms with Crippen LogP contribution in [0, 0.1) is 13.8 Å². The lowest BCUT2D eigenvalue weighted by Gasteiger charge is -2.35. The Labute approximate surface area is 179 Å². The van der Waals surface area contributed by atoms with E-state index in [1.54, 1.807) is 18.3 Å². The number of hydrogen-bond donors (Lipinski definition) is 0. The number of hydrogen-bond acceptors (Lipinski definition) is 7. The highest BCUT2D eigenvalue weighted by molar-refractivity contribution is 7.12. The highest BCUT2D eigenvalue weighted by atomic mass is 32.1. The molecule has 0 aromatic carbocycles. The van der Waals surface area contributed by atoms with Gasteiger partial charge in [-0.15, -0.1) is 22.7 Å². The number of nitrogens with zero attached hydrogens (tertiary/aromatic N) is 5.